The molecule has 0 saturated carbocycles. The van der Waals surface area contributed by atoms with Gasteiger partial charge in [0.15, 0.2) is 0 Å². The highest BCUT2D eigenvalue weighted by atomic mass is 16.2. The van der Waals surface area contributed by atoms with E-state index in [1.54, 1.807) is 6.08 Å². The Balaban J connectivity index is 2.19. The molecule has 1 amide bonds. The van der Waals surface area contributed by atoms with Crippen molar-refractivity contribution in [3.63, 3.8) is 0 Å². The van der Waals surface area contributed by atoms with E-state index in [1.165, 1.54) is 6.42 Å². The number of hydrogen-bond acceptors (Lipinski definition) is 3. The average molecular weight is 225 g/mol. The largest absolute Gasteiger partial charge is 0.339 e. The lowest BCUT2D eigenvalue weighted by atomic mass is 10.3. The fourth-order valence-electron chi connectivity index (χ4n) is 1.93. The van der Waals surface area contributed by atoms with Crippen molar-refractivity contribution >= 4 is 5.91 Å². The monoisotopic (exact) mass is 225 g/mol. The molecule has 0 bridgehead atoms. The first-order valence-corrected chi connectivity index (χ1v) is 6.09. The smallest absolute Gasteiger partial charge is 0.236 e. The van der Waals surface area contributed by atoms with Crippen LogP contribution in [0.5, 0.6) is 0 Å². The van der Waals surface area contributed by atoms with Crippen LogP contribution in [-0.2, 0) is 4.79 Å². The van der Waals surface area contributed by atoms with E-state index in [9.17, 15) is 4.79 Å². The summed E-state index contributed by atoms with van der Waals surface area (Å²) in [6.45, 7) is 11.8. The molecule has 1 aliphatic heterocycles. The fraction of sp³-hybridized carbons (Fsp3) is 0.750. The molecule has 1 aliphatic rings. The summed E-state index contributed by atoms with van der Waals surface area (Å²) in [5, 5.41) is 3.05. The Morgan fingerprint density at radius 2 is 2.06 bits per heavy atom. The summed E-state index contributed by atoms with van der Waals surface area (Å²) in [5.41, 5.74) is 0. The molecule has 0 aromatic rings. The van der Waals surface area contributed by atoms with Crippen LogP contribution in [0.25, 0.3) is 0 Å². The maximum Gasteiger partial charge on any atom is 0.236 e. The third-order valence-electron chi connectivity index (χ3n) is 2.83. The summed E-state index contributed by atoms with van der Waals surface area (Å²) in [5.74, 6) is 0.206. The molecular formula is C12H23N3O. The molecule has 0 aromatic heterocycles. The van der Waals surface area contributed by atoms with E-state index in [0.29, 0.717) is 13.1 Å². The first-order chi connectivity index (χ1) is 7.77. The molecule has 1 heterocycles. The second-order valence-corrected chi connectivity index (χ2v) is 4.14. The molecule has 1 fully saturated rings. The first kappa shape index (κ1) is 13.2. The van der Waals surface area contributed by atoms with Gasteiger partial charge < -0.3 is 10.2 Å². The van der Waals surface area contributed by atoms with Crippen molar-refractivity contribution in [2.24, 2.45) is 0 Å². The van der Waals surface area contributed by atoms with Crippen LogP contribution in [0.3, 0.4) is 0 Å². The zero-order valence-corrected chi connectivity index (χ0v) is 10.2. The number of piperazine rings is 1. The number of nitrogens with one attached hydrogen (secondary N) is 1. The van der Waals surface area contributed by atoms with Gasteiger partial charge in [-0.3, -0.25) is 9.69 Å². The summed E-state index contributed by atoms with van der Waals surface area (Å²) in [7, 11) is 0. The minimum atomic E-state index is 0.206. The maximum atomic E-state index is 11.7. The van der Waals surface area contributed by atoms with Crippen molar-refractivity contribution in [3.8, 4) is 0 Å². The van der Waals surface area contributed by atoms with Gasteiger partial charge in [-0.15, -0.1) is 6.58 Å². The van der Waals surface area contributed by atoms with Gasteiger partial charge in [0.1, 0.15) is 0 Å². The Bertz CT molecular complexity index is 222. The Kier molecular flexibility index (Phi) is 6.11. The van der Waals surface area contributed by atoms with Crippen LogP contribution in [0.1, 0.15) is 13.3 Å². The number of carbonyl (C=O) groups is 1. The number of rotatable bonds is 6. The summed E-state index contributed by atoms with van der Waals surface area (Å²) in [4.78, 5) is 16.1. The van der Waals surface area contributed by atoms with Gasteiger partial charge in [-0.2, -0.15) is 0 Å². The standard InChI is InChI=1S/C12H23N3O/c1-3-5-13-11-12(16)15-9-7-14(6-4-2)8-10-15/h3,13H,1,4-11H2,2H3. The summed E-state index contributed by atoms with van der Waals surface area (Å²) >= 11 is 0. The Morgan fingerprint density at radius 3 is 2.62 bits per heavy atom. The molecule has 0 atom stereocenters. The van der Waals surface area contributed by atoms with Gasteiger partial charge in [-0.25, -0.2) is 0 Å². The minimum absolute atomic E-state index is 0.206. The molecule has 0 radical (unpaired) electrons. The topological polar surface area (TPSA) is 35.6 Å². The molecule has 1 saturated heterocycles. The van der Waals surface area contributed by atoms with Gasteiger partial charge in [-0.05, 0) is 13.0 Å². The molecule has 0 spiro atoms. The highest BCUT2D eigenvalue weighted by Gasteiger charge is 2.19. The van der Waals surface area contributed by atoms with Crippen molar-refractivity contribution in [1.82, 2.24) is 15.1 Å². The van der Waals surface area contributed by atoms with E-state index >= 15 is 0 Å². The maximum absolute atomic E-state index is 11.7. The average Bonchev–Trinajstić information content (AvgIpc) is 2.30. The third kappa shape index (κ3) is 4.33. The zero-order chi connectivity index (χ0) is 11.8. The van der Waals surface area contributed by atoms with Crippen LogP contribution >= 0.6 is 0 Å². The molecule has 1 N–H and O–H groups in total. The lowest BCUT2D eigenvalue weighted by Gasteiger charge is -2.34. The number of amides is 1. The predicted molar refractivity (Wildman–Crippen MR) is 66.4 cm³/mol. The normalized spacial score (nSPS) is 17.4. The van der Waals surface area contributed by atoms with E-state index in [4.69, 9.17) is 0 Å². The summed E-state index contributed by atoms with van der Waals surface area (Å²) in [6, 6.07) is 0. The van der Waals surface area contributed by atoms with Gasteiger partial charge in [0.05, 0.1) is 6.54 Å². The van der Waals surface area contributed by atoms with Crippen molar-refractivity contribution in [2.45, 2.75) is 13.3 Å². The van der Waals surface area contributed by atoms with Gasteiger partial charge in [-0.1, -0.05) is 13.0 Å². The first-order valence-electron chi connectivity index (χ1n) is 6.09. The fourth-order valence-corrected chi connectivity index (χ4v) is 1.93. The van der Waals surface area contributed by atoms with Gasteiger partial charge in [0.2, 0.25) is 5.91 Å². The van der Waals surface area contributed by atoms with E-state index in [2.05, 4.69) is 23.7 Å². The van der Waals surface area contributed by atoms with Crippen LogP contribution in [0.2, 0.25) is 0 Å². The van der Waals surface area contributed by atoms with Crippen LogP contribution in [0, 0.1) is 0 Å². The van der Waals surface area contributed by atoms with E-state index in [1.807, 2.05) is 4.90 Å². The third-order valence-corrected chi connectivity index (χ3v) is 2.83. The Hall–Kier alpha value is -0.870. The molecule has 92 valence electrons. The van der Waals surface area contributed by atoms with Crippen LogP contribution in [0.4, 0.5) is 0 Å². The van der Waals surface area contributed by atoms with E-state index < -0.39 is 0 Å². The van der Waals surface area contributed by atoms with Crippen LogP contribution in [-0.4, -0.2) is 61.5 Å². The number of hydrogen-bond donors (Lipinski definition) is 1. The van der Waals surface area contributed by atoms with E-state index in [0.717, 1.165) is 32.7 Å². The molecule has 4 nitrogen and oxygen atoms in total. The molecule has 16 heavy (non-hydrogen) atoms. The highest BCUT2D eigenvalue weighted by Crippen LogP contribution is 2.02. The van der Waals surface area contributed by atoms with Crippen LogP contribution in [0.15, 0.2) is 12.7 Å². The molecular weight excluding hydrogens is 202 g/mol. The highest BCUT2D eigenvalue weighted by molar-refractivity contribution is 5.78. The van der Waals surface area contributed by atoms with Gasteiger partial charge >= 0.3 is 0 Å². The Morgan fingerprint density at radius 1 is 1.38 bits per heavy atom. The molecule has 0 aliphatic carbocycles. The van der Waals surface area contributed by atoms with Gasteiger partial charge in [0.25, 0.3) is 0 Å². The molecule has 0 aromatic carbocycles. The van der Waals surface area contributed by atoms with Crippen molar-refractivity contribution in [1.29, 1.82) is 0 Å². The molecule has 1 rings (SSSR count). The molecule has 0 unspecified atom stereocenters. The van der Waals surface area contributed by atoms with E-state index in [-0.39, 0.29) is 5.91 Å². The zero-order valence-electron chi connectivity index (χ0n) is 10.2. The van der Waals surface area contributed by atoms with Crippen molar-refractivity contribution in [3.05, 3.63) is 12.7 Å². The lowest BCUT2D eigenvalue weighted by molar-refractivity contribution is -0.131. The lowest BCUT2D eigenvalue weighted by Crippen LogP contribution is -2.50. The van der Waals surface area contributed by atoms with Crippen molar-refractivity contribution < 1.29 is 4.79 Å². The summed E-state index contributed by atoms with van der Waals surface area (Å²) < 4.78 is 0. The summed E-state index contributed by atoms with van der Waals surface area (Å²) in [6.07, 6.45) is 2.96. The number of nitrogens with zero attached hydrogens (tertiary/aromatic N) is 2. The quantitative estimate of drug-likeness (QED) is 0.522. The second-order valence-electron chi connectivity index (χ2n) is 4.14. The van der Waals surface area contributed by atoms with Gasteiger partial charge in [0, 0.05) is 32.7 Å². The molecule has 4 heteroatoms. The van der Waals surface area contributed by atoms with Crippen LogP contribution < -0.4 is 5.32 Å². The van der Waals surface area contributed by atoms with Crippen molar-refractivity contribution in [2.75, 3.05) is 45.8 Å². The number of carbonyl (C=O) groups excluding carboxylic acids is 1. The predicted octanol–water partition coefficient (Wildman–Crippen LogP) is 0.316. The second kappa shape index (κ2) is 7.41. The Labute approximate surface area is 98.3 Å². The SMILES string of the molecule is C=CCNCC(=O)N1CCN(CCC)CC1. The minimum Gasteiger partial charge on any atom is -0.339 e.